The quantitative estimate of drug-likeness (QED) is 0.858. The number of imidazole rings is 1. The van der Waals surface area contributed by atoms with Gasteiger partial charge in [-0.25, -0.2) is 4.79 Å². The van der Waals surface area contributed by atoms with Gasteiger partial charge < -0.3 is 15.0 Å². The van der Waals surface area contributed by atoms with Crippen molar-refractivity contribution in [3.05, 3.63) is 28.7 Å². The fourth-order valence-electron chi connectivity index (χ4n) is 3.01. The molecule has 0 saturated carbocycles. The van der Waals surface area contributed by atoms with Crippen molar-refractivity contribution in [3.8, 4) is 5.75 Å². The Morgan fingerprint density at radius 1 is 1.47 bits per heavy atom. The normalized spacial score (nSPS) is 21.0. The number of aromatic hydroxyl groups is 1. The number of hydrogen-bond acceptors (Lipinski definition) is 3. The maximum Gasteiger partial charge on any atom is 0.326 e. The minimum absolute atomic E-state index is 0.0890. The monoisotopic (exact) mass is 261 g/mol. The zero-order valence-corrected chi connectivity index (χ0v) is 11.1. The molecule has 2 N–H and O–H groups in total. The van der Waals surface area contributed by atoms with E-state index in [-0.39, 0.29) is 11.4 Å². The molecule has 2 aromatic rings. The second kappa shape index (κ2) is 4.74. The molecule has 0 aliphatic carbocycles. The number of hydrogen-bond donors (Lipinski definition) is 2. The molecule has 1 aromatic heterocycles. The van der Waals surface area contributed by atoms with Gasteiger partial charge in [-0.05, 0) is 44.5 Å². The molecular formula is C14H19N3O2. The van der Waals surface area contributed by atoms with Gasteiger partial charge in [0.2, 0.25) is 0 Å². The molecule has 0 bridgehead atoms. The van der Waals surface area contributed by atoms with E-state index in [4.69, 9.17) is 0 Å². The number of likely N-dealkylation sites (tertiary alicyclic amines) is 1. The van der Waals surface area contributed by atoms with Crippen LogP contribution >= 0.6 is 0 Å². The summed E-state index contributed by atoms with van der Waals surface area (Å²) in [6.45, 7) is 2.93. The predicted molar refractivity (Wildman–Crippen MR) is 74.4 cm³/mol. The van der Waals surface area contributed by atoms with Gasteiger partial charge >= 0.3 is 5.69 Å². The highest BCUT2D eigenvalue weighted by molar-refractivity contribution is 5.76. The summed E-state index contributed by atoms with van der Waals surface area (Å²) < 4.78 is 1.79. The minimum Gasteiger partial charge on any atom is -0.508 e. The number of benzene rings is 1. The molecule has 1 aromatic carbocycles. The van der Waals surface area contributed by atoms with Gasteiger partial charge in [0.25, 0.3) is 0 Å². The van der Waals surface area contributed by atoms with Crippen molar-refractivity contribution in [1.82, 2.24) is 14.5 Å². The van der Waals surface area contributed by atoms with Crippen LogP contribution in [-0.2, 0) is 6.54 Å². The number of nitrogens with zero attached hydrogens (tertiary/aromatic N) is 2. The molecule has 0 amide bonds. The van der Waals surface area contributed by atoms with E-state index in [1.54, 1.807) is 22.8 Å². The van der Waals surface area contributed by atoms with Gasteiger partial charge in [0.15, 0.2) is 0 Å². The molecule has 102 valence electrons. The van der Waals surface area contributed by atoms with Crippen molar-refractivity contribution in [3.63, 3.8) is 0 Å². The molecule has 1 atom stereocenters. The molecular weight excluding hydrogens is 242 g/mol. The molecule has 1 aliphatic heterocycles. The van der Waals surface area contributed by atoms with E-state index in [0.29, 0.717) is 11.4 Å². The first-order valence-electron chi connectivity index (χ1n) is 6.73. The summed E-state index contributed by atoms with van der Waals surface area (Å²) in [5, 5.41) is 9.45. The zero-order valence-electron chi connectivity index (χ0n) is 11.1. The summed E-state index contributed by atoms with van der Waals surface area (Å²) in [6.07, 6.45) is 2.36. The standard InChI is InChI=1S/C14H19N3O2/c1-16-6-2-3-10(8-16)9-17-13-5-4-11(18)7-12(13)15-14(17)19/h4-5,7,10,18H,2-3,6,8-9H2,1H3,(H,15,19). The summed E-state index contributed by atoms with van der Waals surface area (Å²) in [4.78, 5) is 17.1. The molecule has 19 heavy (non-hydrogen) atoms. The van der Waals surface area contributed by atoms with E-state index in [9.17, 15) is 9.90 Å². The third-order valence-corrected chi connectivity index (χ3v) is 3.92. The average molecular weight is 261 g/mol. The number of phenols is 1. The Bertz CT molecular complexity index is 644. The molecule has 1 saturated heterocycles. The Hall–Kier alpha value is -1.75. The van der Waals surface area contributed by atoms with Gasteiger partial charge in [0, 0.05) is 19.2 Å². The van der Waals surface area contributed by atoms with Crippen LogP contribution < -0.4 is 5.69 Å². The van der Waals surface area contributed by atoms with E-state index in [1.165, 1.54) is 12.8 Å². The van der Waals surface area contributed by atoms with E-state index >= 15 is 0 Å². The molecule has 5 nitrogen and oxygen atoms in total. The van der Waals surface area contributed by atoms with E-state index in [0.717, 1.165) is 25.2 Å². The first-order valence-corrected chi connectivity index (χ1v) is 6.73. The van der Waals surface area contributed by atoms with Crippen LogP contribution in [0.4, 0.5) is 0 Å². The average Bonchev–Trinajstić information content (AvgIpc) is 2.65. The number of fused-ring (bicyclic) bond motifs is 1. The lowest BCUT2D eigenvalue weighted by molar-refractivity contribution is 0.194. The summed E-state index contributed by atoms with van der Waals surface area (Å²) in [5.41, 5.74) is 1.49. The van der Waals surface area contributed by atoms with E-state index in [1.807, 2.05) is 0 Å². The first-order chi connectivity index (χ1) is 9.13. The van der Waals surface area contributed by atoms with Gasteiger partial charge in [-0.15, -0.1) is 0 Å². The maximum absolute atomic E-state index is 12.0. The Morgan fingerprint density at radius 3 is 3.11 bits per heavy atom. The molecule has 1 aliphatic rings. The van der Waals surface area contributed by atoms with Crippen LogP contribution in [0, 0.1) is 5.92 Å². The van der Waals surface area contributed by atoms with E-state index in [2.05, 4.69) is 16.9 Å². The van der Waals surface area contributed by atoms with Crippen molar-refractivity contribution < 1.29 is 5.11 Å². The van der Waals surface area contributed by atoms with Crippen molar-refractivity contribution >= 4 is 11.0 Å². The van der Waals surface area contributed by atoms with Crippen molar-refractivity contribution in [1.29, 1.82) is 0 Å². The molecule has 0 radical (unpaired) electrons. The largest absolute Gasteiger partial charge is 0.508 e. The third-order valence-electron chi connectivity index (χ3n) is 3.92. The van der Waals surface area contributed by atoms with Gasteiger partial charge in [-0.3, -0.25) is 4.57 Å². The number of aromatic nitrogens is 2. The van der Waals surface area contributed by atoms with E-state index < -0.39 is 0 Å². The van der Waals surface area contributed by atoms with Crippen LogP contribution in [0.3, 0.4) is 0 Å². The Labute approximate surface area is 111 Å². The lowest BCUT2D eigenvalue weighted by Crippen LogP contribution is -2.35. The van der Waals surface area contributed by atoms with Crippen molar-refractivity contribution in [2.24, 2.45) is 5.92 Å². The molecule has 3 rings (SSSR count). The maximum atomic E-state index is 12.0. The Morgan fingerprint density at radius 2 is 2.32 bits per heavy atom. The summed E-state index contributed by atoms with van der Waals surface area (Å²) >= 11 is 0. The number of nitrogens with one attached hydrogen (secondary N) is 1. The lowest BCUT2D eigenvalue weighted by Gasteiger charge is -2.29. The van der Waals surface area contributed by atoms with Crippen LogP contribution in [0.15, 0.2) is 23.0 Å². The third kappa shape index (κ3) is 2.38. The number of phenolic OH excluding ortho intramolecular Hbond substituents is 1. The second-order valence-electron chi connectivity index (χ2n) is 5.51. The minimum atomic E-state index is -0.0890. The smallest absolute Gasteiger partial charge is 0.326 e. The number of aromatic amines is 1. The topological polar surface area (TPSA) is 61.3 Å². The molecule has 5 heteroatoms. The Balaban J connectivity index is 1.92. The summed E-state index contributed by atoms with van der Waals surface area (Å²) in [6, 6.07) is 5.02. The van der Waals surface area contributed by atoms with Crippen LogP contribution in [0.1, 0.15) is 12.8 Å². The summed E-state index contributed by atoms with van der Waals surface area (Å²) in [5.74, 6) is 0.697. The highest BCUT2D eigenvalue weighted by atomic mass is 16.3. The predicted octanol–water partition coefficient (Wildman–Crippen LogP) is 1.38. The van der Waals surface area contributed by atoms with Gasteiger partial charge in [-0.2, -0.15) is 0 Å². The number of H-pyrrole nitrogens is 1. The van der Waals surface area contributed by atoms with Crippen molar-refractivity contribution in [2.75, 3.05) is 20.1 Å². The fraction of sp³-hybridized carbons (Fsp3) is 0.500. The lowest BCUT2D eigenvalue weighted by atomic mass is 9.98. The number of rotatable bonds is 2. The first kappa shape index (κ1) is 12.3. The van der Waals surface area contributed by atoms with Gasteiger partial charge in [0.1, 0.15) is 5.75 Å². The fourth-order valence-corrected chi connectivity index (χ4v) is 3.01. The Kier molecular flexibility index (Phi) is 3.06. The van der Waals surface area contributed by atoms with Crippen molar-refractivity contribution in [2.45, 2.75) is 19.4 Å². The SMILES string of the molecule is CN1CCCC(Cn2c(=O)[nH]c3cc(O)ccc32)C1. The summed E-state index contributed by atoms with van der Waals surface area (Å²) in [7, 11) is 2.13. The highest BCUT2D eigenvalue weighted by Crippen LogP contribution is 2.21. The second-order valence-corrected chi connectivity index (χ2v) is 5.51. The van der Waals surface area contributed by atoms with Crippen LogP contribution in [0.5, 0.6) is 5.75 Å². The van der Waals surface area contributed by atoms with Gasteiger partial charge in [0.05, 0.1) is 11.0 Å². The molecule has 0 spiro atoms. The molecule has 1 fully saturated rings. The molecule has 2 heterocycles. The zero-order chi connectivity index (χ0) is 13.4. The van der Waals surface area contributed by atoms with Crippen LogP contribution in [0.25, 0.3) is 11.0 Å². The van der Waals surface area contributed by atoms with Crippen LogP contribution in [0.2, 0.25) is 0 Å². The highest BCUT2D eigenvalue weighted by Gasteiger charge is 2.19. The van der Waals surface area contributed by atoms with Crippen LogP contribution in [-0.4, -0.2) is 39.7 Å². The number of piperidine rings is 1. The molecule has 1 unspecified atom stereocenters. The van der Waals surface area contributed by atoms with Gasteiger partial charge in [-0.1, -0.05) is 0 Å².